The Morgan fingerprint density at radius 3 is 2.61 bits per heavy atom. The summed E-state index contributed by atoms with van der Waals surface area (Å²) < 4.78 is 10.8. The summed E-state index contributed by atoms with van der Waals surface area (Å²) in [5, 5.41) is 2.96. The van der Waals surface area contributed by atoms with Gasteiger partial charge in [-0.2, -0.15) is 0 Å². The molecule has 166 valence electrons. The molecule has 6 nitrogen and oxygen atoms in total. The van der Waals surface area contributed by atoms with Gasteiger partial charge in [-0.1, -0.05) is 44.2 Å². The summed E-state index contributed by atoms with van der Waals surface area (Å²) in [4.78, 5) is 27.9. The lowest BCUT2D eigenvalue weighted by molar-refractivity contribution is -0.141. The van der Waals surface area contributed by atoms with Gasteiger partial charge in [-0.25, -0.2) is 0 Å². The normalized spacial score (nSPS) is 13.0. The molecule has 0 radical (unpaired) electrons. The quantitative estimate of drug-likeness (QED) is 0.626. The maximum atomic E-state index is 13.3. The number of carbonyl (C=O) groups excluding carboxylic acids is 2. The number of fused-ring (bicyclic) bond motifs is 1. The fourth-order valence-electron chi connectivity index (χ4n) is 3.75. The molecule has 0 aliphatic carbocycles. The third kappa shape index (κ3) is 5.78. The van der Waals surface area contributed by atoms with Gasteiger partial charge in [-0.05, 0) is 55.0 Å². The molecule has 0 fully saturated rings. The maximum absolute atomic E-state index is 13.3. The molecule has 1 heterocycles. The summed E-state index contributed by atoms with van der Waals surface area (Å²) in [7, 11) is 0. The first-order chi connectivity index (χ1) is 15.0. The number of carbonyl (C=O) groups is 2. The van der Waals surface area contributed by atoms with E-state index >= 15 is 0 Å². The van der Waals surface area contributed by atoms with Gasteiger partial charge < -0.3 is 19.7 Å². The molecule has 1 aliphatic heterocycles. The summed E-state index contributed by atoms with van der Waals surface area (Å²) in [5.41, 5.74) is 3.18. The summed E-state index contributed by atoms with van der Waals surface area (Å²) in [6.07, 6.45) is 2.32. The van der Waals surface area contributed by atoms with E-state index < -0.39 is 6.04 Å². The van der Waals surface area contributed by atoms with Crippen LogP contribution in [0.15, 0.2) is 42.5 Å². The molecule has 0 saturated heterocycles. The third-order valence-electron chi connectivity index (χ3n) is 5.60. The minimum absolute atomic E-state index is 0.0283. The molecule has 1 aliphatic rings. The van der Waals surface area contributed by atoms with Gasteiger partial charge in [0.05, 0.1) is 0 Å². The van der Waals surface area contributed by atoms with Crippen LogP contribution in [-0.4, -0.2) is 36.1 Å². The van der Waals surface area contributed by atoms with Gasteiger partial charge >= 0.3 is 0 Å². The highest BCUT2D eigenvalue weighted by molar-refractivity contribution is 5.87. The second-order valence-corrected chi connectivity index (χ2v) is 7.85. The van der Waals surface area contributed by atoms with Crippen LogP contribution in [0, 0.1) is 6.92 Å². The Hall–Kier alpha value is -3.02. The lowest BCUT2D eigenvalue weighted by atomic mass is 10.0. The SMILES string of the molecule is CCCNC(=O)[C@@H](CC)N(Cc1ccccc1C)C(=O)CCc1ccc2c(c1)OCO2. The lowest BCUT2D eigenvalue weighted by Gasteiger charge is -2.31. The number of rotatable bonds is 10. The van der Waals surface area contributed by atoms with Crippen molar-refractivity contribution >= 4 is 11.8 Å². The van der Waals surface area contributed by atoms with Crippen LogP contribution in [0.2, 0.25) is 0 Å². The van der Waals surface area contributed by atoms with Gasteiger partial charge in [0, 0.05) is 19.5 Å². The second-order valence-electron chi connectivity index (χ2n) is 7.85. The average Bonchev–Trinajstić information content (AvgIpc) is 3.25. The first-order valence-electron chi connectivity index (χ1n) is 11.0. The predicted octanol–water partition coefficient (Wildman–Crippen LogP) is 3.99. The Balaban J connectivity index is 1.76. The topological polar surface area (TPSA) is 67.9 Å². The van der Waals surface area contributed by atoms with E-state index in [1.165, 1.54) is 0 Å². The number of hydrogen-bond donors (Lipinski definition) is 1. The summed E-state index contributed by atoms with van der Waals surface area (Å²) in [5.74, 6) is 1.33. The lowest BCUT2D eigenvalue weighted by Crippen LogP contribution is -2.49. The fraction of sp³-hybridized carbons (Fsp3) is 0.440. The first-order valence-corrected chi connectivity index (χ1v) is 11.0. The number of amides is 2. The van der Waals surface area contributed by atoms with Crippen LogP contribution in [0.4, 0.5) is 0 Å². The highest BCUT2D eigenvalue weighted by Gasteiger charge is 2.28. The molecule has 3 rings (SSSR count). The molecule has 2 amide bonds. The molecule has 0 bridgehead atoms. The molecule has 31 heavy (non-hydrogen) atoms. The first kappa shape index (κ1) is 22.7. The van der Waals surface area contributed by atoms with Crippen molar-refractivity contribution in [3.63, 3.8) is 0 Å². The summed E-state index contributed by atoms with van der Waals surface area (Å²) in [6, 6.07) is 13.3. The number of nitrogens with one attached hydrogen (secondary N) is 1. The summed E-state index contributed by atoms with van der Waals surface area (Å²) >= 11 is 0. The van der Waals surface area contributed by atoms with Crippen LogP contribution in [0.5, 0.6) is 11.5 Å². The molecule has 0 spiro atoms. The van der Waals surface area contributed by atoms with E-state index in [-0.39, 0.29) is 18.6 Å². The highest BCUT2D eigenvalue weighted by atomic mass is 16.7. The molecule has 1 atom stereocenters. The Kier molecular flexibility index (Phi) is 7.93. The number of aryl methyl sites for hydroxylation is 2. The van der Waals surface area contributed by atoms with E-state index in [1.807, 2.05) is 63.2 Å². The van der Waals surface area contributed by atoms with Crippen molar-refractivity contribution < 1.29 is 19.1 Å². The monoisotopic (exact) mass is 424 g/mol. The molecule has 0 aromatic heterocycles. The van der Waals surface area contributed by atoms with Crippen LogP contribution in [0.3, 0.4) is 0 Å². The zero-order chi connectivity index (χ0) is 22.2. The number of nitrogens with zero attached hydrogens (tertiary/aromatic N) is 1. The highest BCUT2D eigenvalue weighted by Crippen LogP contribution is 2.32. The van der Waals surface area contributed by atoms with E-state index in [2.05, 4.69) is 5.32 Å². The molecule has 1 N–H and O–H groups in total. The van der Waals surface area contributed by atoms with E-state index in [1.54, 1.807) is 4.90 Å². The van der Waals surface area contributed by atoms with Crippen LogP contribution < -0.4 is 14.8 Å². The predicted molar refractivity (Wildman–Crippen MR) is 120 cm³/mol. The Labute approximate surface area is 184 Å². The van der Waals surface area contributed by atoms with Crippen LogP contribution in [0.25, 0.3) is 0 Å². The van der Waals surface area contributed by atoms with E-state index in [4.69, 9.17) is 9.47 Å². The zero-order valence-corrected chi connectivity index (χ0v) is 18.6. The van der Waals surface area contributed by atoms with Gasteiger partial charge in [0.1, 0.15) is 6.04 Å². The number of benzene rings is 2. The third-order valence-corrected chi connectivity index (χ3v) is 5.60. The Bertz CT molecular complexity index is 912. The van der Waals surface area contributed by atoms with Crippen molar-refractivity contribution in [1.82, 2.24) is 10.2 Å². The minimum atomic E-state index is -0.490. The molecule has 2 aromatic rings. The maximum Gasteiger partial charge on any atom is 0.242 e. The molecule has 0 unspecified atom stereocenters. The van der Waals surface area contributed by atoms with Crippen molar-refractivity contribution in [2.75, 3.05) is 13.3 Å². The van der Waals surface area contributed by atoms with E-state index in [0.717, 1.165) is 28.9 Å². The van der Waals surface area contributed by atoms with Crippen molar-refractivity contribution in [2.24, 2.45) is 0 Å². The van der Waals surface area contributed by atoms with Gasteiger partial charge in [0.15, 0.2) is 11.5 Å². The molecule has 0 saturated carbocycles. The van der Waals surface area contributed by atoms with Crippen LogP contribution in [0.1, 0.15) is 49.8 Å². The van der Waals surface area contributed by atoms with Crippen LogP contribution >= 0.6 is 0 Å². The van der Waals surface area contributed by atoms with Gasteiger partial charge in [-0.3, -0.25) is 9.59 Å². The van der Waals surface area contributed by atoms with Crippen LogP contribution in [-0.2, 0) is 22.6 Å². The van der Waals surface area contributed by atoms with Crippen molar-refractivity contribution in [3.8, 4) is 11.5 Å². The summed E-state index contributed by atoms with van der Waals surface area (Å²) in [6.45, 7) is 7.26. The molecular formula is C25H32N2O4. The standard InChI is InChI=1S/C25H32N2O4/c1-4-14-26-25(29)21(5-2)27(16-20-9-7-6-8-18(20)3)24(28)13-11-19-10-12-22-23(15-19)31-17-30-22/h6-10,12,15,21H,4-5,11,13-14,16-17H2,1-3H3,(H,26,29)/t21-/m1/s1. The number of ether oxygens (including phenoxy) is 2. The molecule has 6 heteroatoms. The largest absolute Gasteiger partial charge is 0.454 e. The van der Waals surface area contributed by atoms with Crippen molar-refractivity contribution in [1.29, 1.82) is 0 Å². The molecular weight excluding hydrogens is 392 g/mol. The van der Waals surface area contributed by atoms with Crippen molar-refractivity contribution in [3.05, 3.63) is 59.2 Å². The van der Waals surface area contributed by atoms with E-state index in [0.29, 0.717) is 38.1 Å². The fourth-order valence-corrected chi connectivity index (χ4v) is 3.75. The zero-order valence-electron chi connectivity index (χ0n) is 18.6. The number of hydrogen-bond acceptors (Lipinski definition) is 4. The molecule has 2 aromatic carbocycles. The van der Waals surface area contributed by atoms with Gasteiger partial charge in [0.25, 0.3) is 0 Å². The van der Waals surface area contributed by atoms with Gasteiger partial charge in [0.2, 0.25) is 18.6 Å². The average molecular weight is 425 g/mol. The smallest absolute Gasteiger partial charge is 0.242 e. The second kappa shape index (κ2) is 10.8. The minimum Gasteiger partial charge on any atom is -0.454 e. The Morgan fingerprint density at radius 2 is 1.87 bits per heavy atom. The van der Waals surface area contributed by atoms with E-state index in [9.17, 15) is 9.59 Å². The Morgan fingerprint density at radius 1 is 1.10 bits per heavy atom. The van der Waals surface area contributed by atoms with Gasteiger partial charge in [-0.15, -0.1) is 0 Å². The van der Waals surface area contributed by atoms with Crippen molar-refractivity contribution in [2.45, 2.75) is 59.0 Å².